The number of amides is 1. The van der Waals surface area contributed by atoms with E-state index in [1.807, 2.05) is 0 Å². The molecule has 0 bridgehead atoms. The van der Waals surface area contributed by atoms with Crippen molar-refractivity contribution in [1.82, 2.24) is 0 Å². The number of para-hydroxylation sites is 1. The van der Waals surface area contributed by atoms with Crippen molar-refractivity contribution in [3.05, 3.63) is 70.6 Å². The van der Waals surface area contributed by atoms with E-state index >= 15 is 0 Å². The maximum atomic E-state index is 12.5. The van der Waals surface area contributed by atoms with Crippen LogP contribution in [0.5, 0.6) is 5.75 Å². The van der Waals surface area contributed by atoms with Crippen LogP contribution < -0.4 is 15.3 Å². The normalized spacial score (nSPS) is 10.4. The summed E-state index contributed by atoms with van der Waals surface area (Å²) in [4.78, 5) is 37.0. The van der Waals surface area contributed by atoms with Gasteiger partial charge in [0.05, 0.1) is 18.4 Å². The fourth-order valence-corrected chi connectivity index (χ4v) is 2.56. The first kappa shape index (κ1) is 18.2. The Kier molecular flexibility index (Phi) is 5.21. The molecule has 3 rings (SSSR count). The summed E-state index contributed by atoms with van der Waals surface area (Å²) >= 11 is 0. The van der Waals surface area contributed by atoms with Gasteiger partial charge < -0.3 is 18.8 Å². The van der Waals surface area contributed by atoms with Crippen molar-refractivity contribution in [3.63, 3.8) is 0 Å². The van der Waals surface area contributed by atoms with Crippen LogP contribution in [0.4, 0.5) is 5.69 Å². The molecule has 0 atom stereocenters. The van der Waals surface area contributed by atoms with E-state index in [1.54, 1.807) is 55.6 Å². The molecule has 0 spiro atoms. The molecule has 7 nitrogen and oxygen atoms in total. The quantitative estimate of drug-likeness (QED) is 0.509. The predicted molar refractivity (Wildman–Crippen MR) is 99.2 cm³/mol. The number of fused-ring (bicyclic) bond motifs is 1. The molecule has 0 saturated carbocycles. The molecule has 1 heterocycles. The third-order valence-corrected chi connectivity index (χ3v) is 4.00. The number of likely N-dealkylation sites (N-methyl/N-ethyl adjacent to an activating group) is 1. The highest BCUT2D eigenvalue weighted by Crippen LogP contribution is 2.22. The largest absolute Gasteiger partial charge is 0.484 e. The third kappa shape index (κ3) is 3.98. The number of rotatable bonds is 5. The summed E-state index contributed by atoms with van der Waals surface area (Å²) < 4.78 is 15.4. The lowest BCUT2D eigenvalue weighted by molar-refractivity contribution is -0.120. The second-order valence-corrected chi connectivity index (χ2v) is 5.70. The van der Waals surface area contributed by atoms with Crippen LogP contribution >= 0.6 is 0 Å². The Hall–Kier alpha value is -3.61. The van der Waals surface area contributed by atoms with Gasteiger partial charge in [-0.25, -0.2) is 9.59 Å². The zero-order valence-corrected chi connectivity index (χ0v) is 14.8. The Balaban J connectivity index is 1.74. The topological polar surface area (TPSA) is 86.0 Å². The molecule has 3 aromatic rings. The molecule has 0 N–H and O–H groups in total. The van der Waals surface area contributed by atoms with Crippen LogP contribution in [0.3, 0.4) is 0 Å². The lowest BCUT2D eigenvalue weighted by atomic mass is 10.1. The van der Waals surface area contributed by atoms with Gasteiger partial charge in [-0.05, 0) is 30.3 Å². The summed E-state index contributed by atoms with van der Waals surface area (Å²) in [7, 11) is 2.83. The van der Waals surface area contributed by atoms with Gasteiger partial charge in [0.2, 0.25) is 0 Å². The number of anilines is 1. The highest BCUT2D eigenvalue weighted by atomic mass is 16.5. The van der Waals surface area contributed by atoms with Gasteiger partial charge in [0.15, 0.2) is 6.61 Å². The maximum absolute atomic E-state index is 12.5. The summed E-state index contributed by atoms with van der Waals surface area (Å²) in [6, 6.07) is 14.6. The average molecular weight is 367 g/mol. The fourth-order valence-electron chi connectivity index (χ4n) is 2.56. The second kappa shape index (κ2) is 7.74. The minimum atomic E-state index is -0.532. The molecule has 0 fully saturated rings. The summed E-state index contributed by atoms with van der Waals surface area (Å²) in [5.41, 5.74) is 0.609. The fraction of sp³-hybridized carbons (Fsp3) is 0.150. The van der Waals surface area contributed by atoms with Gasteiger partial charge in [0.1, 0.15) is 11.3 Å². The van der Waals surface area contributed by atoms with Crippen molar-refractivity contribution in [1.29, 1.82) is 0 Å². The van der Waals surface area contributed by atoms with Crippen molar-refractivity contribution in [2.75, 3.05) is 25.7 Å². The molecule has 0 radical (unpaired) electrons. The van der Waals surface area contributed by atoms with Gasteiger partial charge in [0, 0.05) is 24.6 Å². The SMILES string of the molecule is COC(=O)c1ccccc1N(C)C(=O)COc1ccc2ccc(=O)oc2c1. The van der Waals surface area contributed by atoms with Crippen LogP contribution in [0.2, 0.25) is 0 Å². The first-order valence-corrected chi connectivity index (χ1v) is 8.10. The van der Waals surface area contributed by atoms with Crippen molar-refractivity contribution in [3.8, 4) is 5.75 Å². The maximum Gasteiger partial charge on any atom is 0.339 e. The van der Waals surface area contributed by atoms with Crippen LogP contribution in [0.1, 0.15) is 10.4 Å². The Morgan fingerprint density at radius 2 is 1.81 bits per heavy atom. The van der Waals surface area contributed by atoms with E-state index in [0.717, 1.165) is 5.39 Å². The number of carbonyl (C=O) groups excluding carboxylic acids is 2. The highest BCUT2D eigenvalue weighted by Gasteiger charge is 2.19. The van der Waals surface area contributed by atoms with E-state index in [-0.39, 0.29) is 18.1 Å². The van der Waals surface area contributed by atoms with Gasteiger partial charge in [-0.1, -0.05) is 12.1 Å². The van der Waals surface area contributed by atoms with Crippen LogP contribution in [0.15, 0.2) is 63.8 Å². The molecule has 1 aromatic heterocycles. The van der Waals surface area contributed by atoms with Gasteiger partial charge in [0.25, 0.3) is 5.91 Å². The molecule has 0 aliphatic carbocycles. The van der Waals surface area contributed by atoms with Crippen LogP contribution in [-0.2, 0) is 9.53 Å². The molecule has 1 amide bonds. The van der Waals surface area contributed by atoms with Crippen molar-refractivity contribution < 1.29 is 23.5 Å². The van der Waals surface area contributed by atoms with Gasteiger partial charge >= 0.3 is 11.6 Å². The molecule has 0 unspecified atom stereocenters. The highest BCUT2D eigenvalue weighted by molar-refractivity contribution is 6.02. The Labute approximate surface area is 154 Å². The van der Waals surface area contributed by atoms with Crippen molar-refractivity contribution in [2.45, 2.75) is 0 Å². The number of esters is 1. The Morgan fingerprint density at radius 1 is 1.07 bits per heavy atom. The number of hydrogen-bond donors (Lipinski definition) is 0. The number of ether oxygens (including phenoxy) is 2. The first-order valence-electron chi connectivity index (χ1n) is 8.10. The molecule has 2 aromatic carbocycles. The minimum absolute atomic E-state index is 0.255. The molecule has 138 valence electrons. The summed E-state index contributed by atoms with van der Waals surface area (Å²) in [5.74, 6) is -0.503. The monoisotopic (exact) mass is 367 g/mol. The molecular formula is C20H17NO6. The van der Waals surface area contributed by atoms with Crippen molar-refractivity contribution in [2.24, 2.45) is 0 Å². The molecule has 27 heavy (non-hydrogen) atoms. The number of carbonyl (C=O) groups is 2. The smallest absolute Gasteiger partial charge is 0.339 e. The van der Waals surface area contributed by atoms with E-state index in [4.69, 9.17) is 13.9 Å². The number of benzene rings is 2. The first-order chi connectivity index (χ1) is 13.0. The number of methoxy groups -OCH3 is 1. The number of nitrogens with zero attached hydrogens (tertiary/aromatic N) is 1. The van der Waals surface area contributed by atoms with E-state index in [2.05, 4.69) is 0 Å². The van der Waals surface area contributed by atoms with Gasteiger partial charge in [-0.2, -0.15) is 0 Å². The second-order valence-electron chi connectivity index (χ2n) is 5.70. The van der Waals surface area contributed by atoms with Gasteiger partial charge in [-0.3, -0.25) is 4.79 Å². The molecule has 0 aliphatic rings. The Bertz CT molecular complexity index is 1060. The van der Waals surface area contributed by atoms with E-state index in [1.165, 1.54) is 18.1 Å². The molecule has 7 heteroatoms. The standard InChI is InChI=1S/C20H17NO6/c1-21(16-6-4-3-5-15(16)20(24)25-2)18(22)12-26-14-9-7-13-8-10-19(23)27-17(13)11-14/h3-11H,12H2,1-2H3. The lowest BCUT2D eigenvalue weighted by Crippen LogP contribution is -2.32. The predicted octanol–water partition coefficient (Wildman–Crippen LogP) is 2.62. The average Bonchev–Trinajstić information content (AvgIpc) is 2.70. The lowest BCUT2D eigenvalue weighted by Gasteiger charge is -2.20. The molecular weight excluding hydrogens is 350 g/mol. The van der Waals surface area contributed by atoms with Crippen LogP contribution in [0.25, 0.3) is 11.0 Å². The zero-order valence-electron chi connectivity index (χ0n) is 14.8. The minimum Gasteiger partial charge on any atom is -0.484 e. The van der Waals surface area contributed by atoms with Gasteiger partial charge in [-0.15, -0.1) is 0 Å². The third-order valence-electron chi connectivity index (χ3n) is 4.00. The molecule has 0 aliphatic heterocycles. The van der Waals surface area contributed by atoms with E-state index in [9.17, 15) is 14.4 Å². The van der Waals surface area contributed by atoms with Crippen LogP contribution in [-0.4, -0.2) is 32.6 Å². The Morgan fingerprint density at radius 3 is 2.59 bits per heavy atom. The zero-order chi connectivity index (χ0) is 19.4. The van der Waals surface area contributed by atoms with Crippen LogP contribution in [0, 0.1) is 0 Å². The molecule has 0 saturated heterocycles. The van der Waals surface area contributed by atoms with E-state index < -0.39 is 11.6 Å². The van der Waals surface area contributed by atoms with Crippen molar-refractivity contribution >= 4 is 28.5 Å². The van der Waals surface area contributed by atoms with E-state index in [0.29, 0.717) is 17.0 Å². The summed E-state index contributed by atoms with van der Waals surface area (Å²) in [6.07, 6.45) is 0. The number of hydrogen-bond acceptors (Lipinski definition) is 6. The summed E-state index contributed by atoms with van der Waals surface area (Å²) in [6.45, 7) is -0.255. The summed E-state index contributed by atoms with van der Waals surface area (Å²) in [5, 5.41) is 0.748.